The first kappa shape index (κ1) is 69.1. The summed E-state index contributed by atoms with van der Waals surface area (Å²) in [4.78, 5) is 59.6. The summed E-state index contributed by atoms with van der Waals surface area (Å²) in [6.07, 6.45) is 9.22. The van der Waals surface area contributed by atoms with Gasteiger partial charge in [0.2, 0.25) is 11.6 Å². The standard InChI is InChI=1S/C18H14F3N7O3S.C10H11N5O2.C8H4BrF3N2OS.C6H7BrN2O2.C4H5N3.B.W/c1-29-15-16(30-2)25-13(8-24-15)28(12-7-22-5-6-23-12)9-10-3-4-11(32-10)14-26-17(31-27-14)18(19,20)21;1-16-9-10(17-2)15-8(6-13-9)14-7-5-11-3-4-12-7;9-3-4-1-2-5(16-4)6-13-7(15-14-6)8(10,11)12;1-10-5-6(11-2)9-4(7)3-8-5;5-4-3-6-1-2-7-4;;/h3-8H,9H2,1-2H3;3-6H,1-2H3,(H,12,14,15);1-2H,3H2;3H,1-2H3;1-3H,(H2,5,7);;. The van der Waals surface area contributed by atoms with E-state index in [0.717, 1.165) is 9.75 Å². The number of aromatic nitrogens is 16. The molecule has 0 amide bonds. The van der Waals surface area contributed by atoms with Crippen molar-refractivity contribution in [1.29, 1.82) is 0 Å². The van der Waals surface area contributed by atoms with Crippen LogP contribution in [0.3, 0.4) is 0 Å². The molecule has 10 aromatic rings. The second-order valence-electron chi connectivity index (χ2n) is 14.7. The Hall–Kier alpha value is -8.35. The maximum absolute atomic E-state index is 12.7. The smallest absolute Gasteiger partial charge is 0.471 e. The number of nitrogens with two attached hydrogens (primary N) is 1. The maximum atomic E-state index is 12.7. The van der Waals surface area contributed by atoms with Gasteiger partial charge in [-0.1, -0.05) is 26.2 Å². The largest absolute Gasteiger partial charge is 0.477 e. The third kappa shape index (κ3) is 20.7. The fraction of sp³-hybridized carbons (Fsp3) is 0.217. The number of rotatable bonds is 15. The molecule has 0 aromatic carbocycles. The first-order valence-corrected chi connectivity index (χ1v) is 26.1. The van der Waals surface area contributed by atoms with Gasteiger partial charge in [0.1, 0.15) is 16.2 Å². The molecule has 0 aliphatic rings. The Morgan fingerprint density at radius 2 is 1.01 bits per heavy atom. The van der Waals surface area contributed by atoms with Crippen molar-refractivity contribution in [1.82, 2.24) is 80.1 Å². The minimum atomic E-state index is -4.71. The number of hydrogen-bond acceptors (Lipinski definition) is 29. The number of nitrogen functional groups attached to an aromatic ring is 1. The molecule has 0 spiro atoms. The Morgan fingerprint density at radius 1 is 0.529 bits per heavy atom. The van der Waals surface area contributed by atoms with Crippen LogP contribution in [0.5, 0.6) is 35.3 Å². The molecule has 0 aliphatic heterocycles. The Kier molecular flexibility index (Phi) is 27.5. The van der Waals surface area contributed by atoms with E-state index in [1.807, 2.05) is 0 Å². The number of hydrogen-bond donors (Lipinski definition) is 2. The van der Waals surface area contributed by atoms with Gasteiger partial charge >= 0.3 is 24.1 Å². The quantitative estimate of drug-likeness (QED) is 0.0548. The van der Waals surface area contributed by atoms with E-state index in [9.17, 15) is 26.3 Å². The number of alkyl halides is 7. The van der Waals surface area contributed by atoms with Gasteiger partial charge in [-0.2, -0.15) is 51.3 Å². The Labute approximate surface area is 518 Å². The Balaban J connectivity index is 0.000000248. The van der Waals surface area contributed by atoms with Crippen LogP contribution in [0.4, 0.5) is 55.4 Å². The molecule has 0 atom stereocenters. The topological polar surface area (TPSA) is 329 Å². The molecule has 85 heavy (non-hydrogen) atoms. The number of ether oxygens (including phenoxy) is 6. The molecule has 10 aromatic heterocycles. The van der Waals surface area contributed by atoms with Crippen LogP contribution in [0.2, 0.25) is 0 Å². The fourth-order valence-corrected chi connectivity index (χ4v) is 8.26. The predicted octanol–water partition coefficient (Wildman–Crippen LogP) is 9.42. The van der Waals surface area contributed by atoms with Gasteiger partial charge in [0.15, 0.2) is 17.5 Å². The molecular formula is C46H41BBr2F6N19O8S2W. The predicted molar refractivity (Wildman–Crippen MR) is 296 cm³/mol. The molecule has 0 saturated carbocycles. The van der Waals surface area contributed by atoms with E-state index in [1.165, 1.54) is 96.3 Å². The van der Waals surface area contributed by atoms with Gasteiger partial charge in [0.25, 0.3) is 35.3 Å². The normalized spacial score (nSPS) is 10.4. The van der Waals surface area contributed by atoms with Crippen molar-refractivity contribution in [2.24, 2.45) is 0 Å². The molecule has 27 nitrogen and oxygen atoms in total. The second-order valence-corrected chi connectivity index (χ2v) is 18.4. The van der Waals surface area contributed by atoms with Crippen molar-refractivity contribution in [3.8, 4) is 56.7 Å². The van der Waals surface area contributed by atoms with Crippen molar-refractivity contribution in [2.45, 2.75) is 24.2 Å². The van der Waals surface area contributed by atoms with Gasteiger partial charge in [-0.3, -0.25) is 15.0 Å². The van der Waals surface area contributed by atoms with Gasteiger partial charge in [0.05, 0.1) is 96.1 Å². The molecule has 10 rings (SSSR count). The minimum Gasteiger partial charge on any atom is -0.477 e. The van der Waals surface area contributed by atoms with E-state index in [-0.39, 0.29) is 59.4 Å². The SMILES string of the molecule is COc1ncc(Br)nc1OC.COc1ncc(N(Cc2ccc(-c3noc(C(F)(F)F)n3)s2)c2cnccn2)nc1OC.COc1ncc(Nc2cnccn2)nc1OC.FC(F)(F)c1nc(-c2ccc(CBr)s2)no1.Nc1cnccn1.[B].[W]. The van der Waals surface area contributed by atoms with Crippen LogP contribution in [-0.4, -0.2) is 131 Å². The van der Waals surface area contributed by atoms with Crippen LogP contribution in [0.15, 0.2) is 112 Å². The third-order valence-electron chi connectivity index (χ3n) is 9.30. The van der Waals surface area contributed by atoms with E-state index in [2.05, 4.69) is 126 Å². The van der Waals surface area contributed by atoms with E-state index < -0.39 is 24.1 Å². The average molecular weight is 1520 g/mol. The van der Waals surface area contributed by atoms with Crippen LogP contribution < -0.4 is 44.4 Å². The Morgan fingerprint density at radius 3 is 1.46 bits per heavy atom. The number of methoxy groups -OCH3 is 6. The van der Waals surface area contributed by atoms with E-state index in [4.69, 9.17) is 34.2 Å². The van der Waals surface area contributed by atoms with Crippen molar-refractivity contribution < 1.29 is 84.9 Å². The van der Waals surface area contributed by atoms with Crippen molar-refractivity contribution >= 4 is 92.0 Å². The molecule has 0 bridgehead atoms. The summed E-state index contributed by atoms with van der Waals surface area (Å²) in [5, 5.41) is 10.3. The molecular weight excluding hydrogens is 1480 g/mol. The van der Waals surface area contributed by atoms with Crippen LogP contribution >= 0.6 is 54.5 Å². The summed E-state index contributed by atoms with van der Waals surface area (Å²) in [7, 11) is 8.91. The summed E-state index contributed by atoms with van der Waals surface area (Å²) in [6, 6.07) is 6.80. The zero-order chi connectivity index (χ0) is 59.9. The van der Waals surface area contributed by atoms with Gasteiger partial charge in [-0.25, -0.2) is 29.9 Å². The monoisotopic (exact) mass is 1520 g/mol. The van der Waals surface area contributed by atoms with Crippen LogP contribution in [0.1, 0.15) is 21.5 Å². The van der Waals surface area contributed by atoms with Crippen molar-refractivity contribution in [2.75, 3.05) is 58.6 Å². The molecule has 10 heterocycles. The Bertz CT molecular complexity index is 3580. The summed E-state index contributed by atoms with van der Waals surface area (Å²) in [6.45, 7) is 0.261. The van der Waals surface area contributed by atoms with Gasteiger partial charge < -0.3 is 53.4 Å². The van der Waals surface area contributed by atoms with E-state index in [1.54, 1.807) is 72.5 Å². The number of halogens is 8. The summed E-state index contributed by atoms with van der Waals surface area (Å²) in [5.41, 5.74) is 5.18. The van der Waals surface area contributed by atoms with Crippen molar-refractivity contribution in [3.05, 3.63) is 125 Å². The van der Waals surface area contributed by atoms with E-state index >= 15 is 0 Å². The fourth-order valence-electron chi connectivity index (χ4n) is 5.77. The number of nitrogens with zero attached hydrogens (tertiary/aromatic N) is 17. The molecule has 3 N–H and O–H groups in total. The molecule has 0 aliphatic carbocycles. The summed E-state index contributed by atoms with van der Waals surface area (Å²) < 4.78 is 114. The number of nitrogens with one attached hydrogen (secondary N) is 1. The zero-order valence-corrected chi connectivity index (χ0v) is 52.2. The first-order valence-electron chi connectivity index (χ1n) is 22.5. The molecule has 0 unspecified atom stereocenters. The van der Waals surface area contributed by atoms with Crippen LogP contribution in [0, 0.1) is 0 Å². The van der Waals surface area contributed by atoms with Crippen molar-refractivity contribution in [3.63, 3.8) is 0 Å². The number of anilines is 5. The molecule has 445 valence electrons. The summed E-state index contributed by atoms with van der Waals surface area (Å²) >= 11 is 8.91. The molecule has 3 radical (unpaired) electrons. The van der Waals surface area contributed by atoms with Crippen LogP contribution in [0.25, 0.3) is 21.4 Å². The van der Waals surface area contributed by atoms with Crippen LogP contribution in [-0.2, 0) is 45.3 Å². The number of thiophene rings is 2. The third-order valence-corrected chi connectivity index (χ3v) is 12.8. The summed E-state index contributed by atoms with van der Waals surface area (Å²) in [5.74, 6) is 1.30. The molecule has 0 fully saturated rings. The average Bonchev–Trinajstić information content (AvgIpc) is 3.92. The van der Waals surface area contributed by atoms with Gasteiger partial charge in [0, 0.05) is 81.7 Å². The molecule has 39 heteroatoms. The van der Waals surface area contributed by atoms with Gasteiger partial charge in [-0.05, 0) is 40.2 Å². The van der Waals surface area contributed by atoms with Gasteiger partial charge in [-0.15, -0.1) is 22.7 Å². The first-order chi connectivity index (χ1) is 39.9. The second kappa shape index (κ2) is 33.8. The maximum Gasteiger partial charge on any atom is 0.471 e. The zero-order valence-electron chi connectivity index (χ0n) is 44.4. The molecule has 0 saturated heterocycles. The van der Waals surface area contributed by atoms with E-state index in [0.29, 0.717) is 72.3 Å². The minimum absolute atomic E-state index is 0.